The smallest absolute Gasteiger partial charge is 0.145 e. The number of nitrogens with one attached hydrogen (secondary N) is 1. The summed E-state index contributed by atoms with van der Waals surface area (Å²) in [5, 5.41) is 3.44. The fourth-order valence-electron chi connectivity index (χ4n) is 1.85. The van der Waals surface area contributed by atoms with Crippen molar-refractivity contribution in [1.29, 1.82) is 0 Å². The van der Waals surface area contributed by atoms with Gasteiger partial charge in [0, 0.05) is 6.07 Å². The summed E-state index contributed by atoms with van der Waals surface area (Å²) in [6, 6.07) is 4.59. The molecule has 1 aliphatic heterocycles. The first-order valence-electron chi connectivity index (χ1n) is 5.58. The minimum absolute atomic E-state index is 0.134. The lowest BCUT2D eigenvalue weighted by molar-refractivity contribution is 0.187. The van der Waals surface area contributed by atoms with Gasteiger partial charge < -0.3 is 10.1 Å². The maximum absolute atomic E-state index is 13.2. The monoisotopic (exact) mass is 243 g/mol. The lowest BCUT2D eigenvalue weighted by atomic mass is 10.1. The predicted octanol–water partition coefficient (Wildman–Crippen LogP) is 3.00. The van der Waals surface area contributed by atoms with Gasteiger partial charge in [-0.25, -0.2) is 4.39 Å². The Hall–Kier alpha value is -0.800. The summed E-state index contributed by atoms with van der Waals surface area (Å²) in [6.45, 7) is 2.00. The number of rotatable bonds is 2. The Morgan fingerprint density at radius 1 is 1.31 bits per heavy atom. The molecule has 1 unspecified atom stereocenters. The van der Waals surface area contributed by atoms with Gasteiger partial charge in [-0.05, 0) is 44.5 Å². The third kappa shape index (κ3) is 3.09. The van der Waals surface area contributed by atoms with Gasteiger partial charge in [0.25, 0.3) is 0 Å². The standard InChI is InChI=1S/C12H15ClFNO/c13-11-4-3-10(8-12(11)14)16-9-2-1-6-15-7-5-9/h3-4,8-9,15H,1-2,5-7H2. The Kier molecular flexibility index (Phi) is 4.02. The zero-order valence-corrected chi connectivity index (χ0v) is 9.77. The molecule has 2 nitrogen and oxygen atoms in total. The first-order chi connectivity index (χ1) is 7.75. The highest BCUT2D eigenvalue weighted by Crippen LogP contribution is 2.23. The highest BCUT2D eigenvalue weighted by Gasteiger charge is 2.13. The average Bonchev–Trinajstić information content (AvgIpc) is 2.52. The first kappa shape index (κ1) is 11.7. The Bertz CT molecular complexity index is 351. The fourth-order valence-corrected chi connectivity index (χ4v) is 1.97. The molecule has 16 heavy (non-hydrogen) atoms. The lowest BCUT2D eigenvalue weighted by Gasteiger charge is -2.16. The summed E-state index contributed by atoms with van der Waals surface area (Å²) < 4.78 is 18.9. The van der Waals surface area contributed by atoms with Crippen LogP contribution in [0.5, 0.6) is 5.75 Å². The molecule has 0 amide bonds. The van der Waals surface area contributed by atoms with Gasteiger partial charge in [0.05, 0.1) is 11.1 Å². The molecule has 1 aliphatic rings. The van der Waals surface area contributed by atoms with Crippen LogP contribution in [0.4, 0.5) is 4.39 Å². The Morgan fingerprint density at radius 3 is 3.00 bits per heavy atom. The van der Waals surface area contributed by atoms with Crippen LogP contribution in [0, 0.1) is 5.82 Å². The van der Waals surface area contributed by atoms with E-state index in [4.69, 9.17) is 16.3 Å². The second-order valence-corrected chi connectivity index (χ2v) is 4.40. The molecule has 4 heteroatoms. The van der Waals surface area contributed by atoms with E-state index in [9.17, 15) is 4.39 Å². The predicted molar refractivity (Wildman–Crippen MR) is 62.5 cm³/mol. The van der Waals surface area contributed by atoms with Crippen LogP contribution in [-0.4, -0.2) is 19.2 Å². The Morgan fingerprint density at radius 2 is 2.19 bits per heavy atom. The highest BCUT2D eigenvalue weighted by molar-refractivity contribution is 6.30. The maximum Gasteiger partial charge on any atom is 0.145 e. The molecular formula is C12H15ClFNO. The molecule has 0 saturated carbocycles. The number of hydrogen-bond acceptors (Lipinski definition) is 2. The maximum atomic E-state index is 13.2. The fraction of sp³-hybridized carbons (Fsp3) is 0.500. The summed E-state index contributed by atoms with van der Waals surface area (Å²) in [5.41, 5.74) is 0. The van der Waals surface area contributed by atoms with Gasteiger partial charge in [-0.2, -0.15) is 0 Å². The van der Waals surface area contributed by atoms with Crippen LogP contribution in [0.1, 0.15) is 19.3 Å². The number of hydrogen-bond donors (Lipinski definition) is 1. The topological polar surface area (TPSA) is 21.3 Å². The second kappa shape index (κ2) is 5.51. The summed E-state index contributed by atoms with van der Waals surface area (Å²) >= 11 is 5.61. The normalized spacial score (nSPS) is 21.5. The van der Waals surface area contributed by atoms with E-state index in [1.54, 1.807) is 6.07 Å². The van der Waals surface area contributed by atoms with E-state index in [-0.39, 0.29) is 11.1 Å². The van der Waals surface area contributed by atoms with Gasteiger partial charge in [-0.3, -0.25) is 0 Å². The van der Waals surface area contributed by atoms with Crippen LogP contribution in [0.2, 0.25) is 5.02 Å². The van der Waals surface area contributed by atoms with Crippen LogP contribution in [0.3, 0.4) is 0 Å². The summed E-state index contributed by atoms with van der Waals surface area (Å²) in [5.74, 6) is 0.139. The van der Waals surface area contributed by atoms with Crippen molar-refractivity contribution in [1.82, 2.24) is 5.32 Å². The molecule has 88 valence electrons. The average molecular weight is 244 g/mol. The molecule has 2 rings (SSSR count). The minimum atomic E-state index is -0.425. The molecule has 1 aromatic rings. The molecule has 1 heterocycles. The van der Waals surface area contributed by atoms with Crippen LogP contribution in [0.25, 0.3) is 0 Å². The van der Waals surface area contributed by atoms with Crippen LogP contribution in [0.15, 0.2) is 18.2 Å². The van der Waals surface area contributed by atoms with Gasteiger partial charge in [-0.1, -0.05) is 11.6 Å². The molecule has 1 aromatic carbocycles. The summed E-state index contributed by atoms with van der Waals surface area (Å²) in [6.07, 6.45) is 3.25. The second-order valence-electron chi connectivity index (χ2n) is 4.00. The summed E-state index contributed by atoms with van der Waals surface area (Å²) in [4.78, 5) is 0. The zero-order chi connectivity index (χ0) is 11.4. The largest absolute Gasteiger partial charge is 0.490 e. The van der Waals surface area contributed by atoms with E-state index in [0.717, 1.165) is 32.4 Å². The van der Waals surface area contributed by atoms with Crippen molar-refractivity contribution in [2.45, 2.75) is 25.4 Å². The van der Waals surface area contributed by atoms with E-state index in [0.29, 0.717) is 5.75 Å². The quantitative estimate of drug-likeness (QED) is 0.862. The van der Waals surface area contributed by atoms with Gasteiger partial charge in [-0.15, -0.1) is 0 Å². The van der Waals surface area contributed by atoms with E-state index in [1.807, 2.05) is 0 Å². The number of ether oxygens (including phenoxy) is 1. The summed E-state index contributed by atoms with van der Waals surface area (Å²) in [7, 11) is 0. The Labute approximate surface area is 99.7 Å². The molecule has 1 saturated heterocycles. The third-order valence-corrected chi connectivity index (χ3v) is 3.02. The van der Waals surface area contributed by atoms with Gasteiger partial charge in [0.15, 0.2) is 0 Å². The van der Waals surface area contributed by atoms with Crippen molar-refractivity contribution in [3.63, 3.8) is 0 Å². The van der Waals surface area contributed by atoms with Crippen molar-refractivity contribution in [2.75, 3.05) is 13.1 Å². The molecule has 0 bridgehead atoms. The van der Waals surface area contributed by atoms with Crippen LogP contribution >= 0.6 is 11.6 Å². The van der Waals surface area contributed by atoms with Gasteiger partial charge in [0.2, 0.25) is 0 Å². The van der Waals surface area contributed by atoms with Crippen molar-refractivity contribution in [3.05, 3.63) is 29.0 Å². The van der Waals surface area contributed by atoms with E-state index >= 15 is 0 Å². The van der Waals surface area contributed by atoms with Gasteiger partial charge in [0.1, 0.15) is 11.6 Å². The SMILES string of the molecule is Fc1cc(OC2CCCNCC2)ccc1Cl. The van der Waals surface area contributed by atoms with E-state index in [1.165, 1.54) is 12.1 Å². The van der Waals surface area contributed by atoms with Crippen molar-refractivity contribution < 1.29 is 9.13 Å². The van der Waals surface area contributed by atoms with Crippen LogP contribution in [-0.2, 0) is 0 Å². The van der Waals surface area contributed by atoms with Crippen molar-refractivity contribution in [2.24, 2.45) is 0 Å². The molecule has 0 radical (unpaired) electrons. The molecule has 0 aromatic heterocycles. The van der Waals surface area contributed by atoms with Crippen molar-refractivity contribution in [3.8, 4) is 5.75 Å². The lowest BCUT2D eigenvalue weighted by Crippen LogP contribution is -2.19. The van der Waals surface area contributed by atoms with E-state index in [2.05, 4.69) is 5.32 Å². The minimum Gasteiger partial charge on any atom is -0.490 e. The third-order valence-electron chi connectivity index (χ3n) is 2.72. The van der Waals surface area contributed by atoms with Gasteiger partial charge >= 0.3 is 0 Å². The number of benzene rings is 1. The molecule has 0 aliphatic carbocycles. The molecule has 1 N–H and O–H groups in total. The first-order valence-corrected chi connectivity index (χ1v) is 5.96. The van der Waals surface area contributed by atoms with E-state index < -0.39 is 5.82 Å². The Balaban J connectivity index is 1.99. The molecule has 1 atom stereocenters. The number of halogens is 2. The van der Waals surface area contributed by atoms with Crippen LogP contribution < -0.4 is 10.1 Å². The highest BCUT2D eigenvalue weighted by atomic mass is 35.5. The molecular weight excluding hydrogens is 229 g/mol. The molecule has 0 spiro atoms. The molecule has 1 fully saturated rings. The van der Waals surface area contributed by atoms with Crippen molar-refractivity contribution >= 4 is 11.6 Å². The zero-order valence-electron chi connectivity index (χ0n) is 9.01.